The molecule has 118 valence electrons. The van der Waals surface area contributed by atoms with Crippen molar-refractivity contribution in [1.29, 1.82) is 0 Å². The highest BCUT2D eigenvalue weighted by Crippen LogP contribution is 2.31. The molecule has 0 spiro atoms. The molecule has 2 rings (SSSR count). The summed E-state index contributed by atoms with van der Waals surface area (Å²) >= 11 is 0. The van der Waals surface area contributed by atoms with E-state index in [4.69, 9.17) is 0 Å². The fourth-order valence-corrected chi connectivity index (χ4v) is 2.64. The molecule has 0 saturated carbocycles. The van der Waals surface area contributed by atoms with Crippen LogP contribution in [0.25, 0.3) is 0 Å². The molecule has 0 amide bonds. The third-order valence-corrected chi connectivity index (χ3v) is 3.54. The second kappa shape index (κ2) is 6.62. The van der Waals surface area contributed by atoms with Crippen LogP contribution in [0.2, 0.25) is 0 Å². The Bertz CT molecular complexity index is 473. The molecule has 1 aromatic carbocycles. The van der Waals surface area contributed by atoms with Crippen LogP contribution in [0.1, 0.15) is 24.9 Å². The van der Waals surface area contributed by atoms with Crippen LogP contribution in [0.15, 0.2) is 18.2 Å². The summed E-state index contributed by atoms with van der Waals surface area (Å²) in [4.78, 5) is 2.08. The summed E-state index contributed by atoms with van der Waals surface area (Å²) in [6.07, 6.45) is -4.15. The number of piperazine rings is 1. The highest BCUT2D eigenvalue weighted by atomic mass is 19.4. The molecule has 7 heteroatoms. The Hall–Kier alpha value is -1.34. The average Bonchev–Trinajstić information content (AvgIpc) is 2.43. The summed E-state index contributed by atoms with van der Waals surface area (Å²) in [5.41, 5.74) is 0.251. The van der Waals surface area contributed by atoms with Crippen molar-refractivity contribution >= 4 is 0 Å². The first kappa shape index (κ1) is 16.0. The van der Waals surface area contributed by atoms with Crippen LogP contribution in [0, 0.1) is 5.82 Å². The molecular weight excluding hydrogens is 288 g/mol. The van der Waals surface area contributed by atoms with Crippen molar-refractivity contribution in [3.8, 4) is 5.75 Å². The molecule has 1 atom stereocenters. The summed E-state index contributed by atoms with van der Waals surface area (Å²) in [5.74, 6) is -0.887. The van der Waals surface area contributed by atoms with E-state index in [1.165, 1.54) is 0 Å². The second-order valence-electron chi connectivity index (χ2n) is 4.94. The first-order valence-corrected chi connectivity index (χ1v) is 6.90. The molecule has 0 aromatic heterocycles. The lowest BCUT2D eigenvalue weighted by Crippen LogP contribution is -2.45. The smallest absolute Gasteiger partial charge is 0.406 e. The maximum absolute atomic E-state index is 14.0. The highest BCUT2D eigenvalue weighted by Gasteiger charge is 2.32. The maximum Gasteiger partial charge on any atom is 0.573 e. The summed E-state index contributed by atoms with van der Waals surface area (Å²) in [7, 11) is 0. The van der Waals surface area contributed by atoms with Crippen molar-refractivity contribution in [3.63, 3.8) is 0 Å². The lowest BCUT2D eigenvalue weighted by atomic mass is 10.0. The number of ether oxygens (including phenoxy) is 1. The third-order valence-electron chi connectivity index (χ3n) is 3.54. The SMILES string of the molecule is CC[C@@H](c1cc(OC(F)(F)F)ccc1F)N1CCNCC1. The topological polar surface area (TPSA) is 24.5 Å². The Morgan fingerprint density at radius 2 is 1.95 bits per heavy atom. The lowest BCUT2D eigenvalue weighted by Gasteiger charge is -2.35. The van der Waals surface area contributed by atoms with Gasteiger partial charge in [-0.25, -0.2) is 4.39 Å². The molecule has 1 N–H and O–H groups in total. The molecule has 3 nitrogen and oxygen atoms in total. The van der Waals surface area contributed by atoms with Gasteiger partial charge in [0, 0.05) is 37.8 Å². The number of nitrogens with zero attached hydrogens (tertiary/aromatic N) is 1. The average molecular weight is 306 g/mol. The van der Waals surface area contributed by atoms with Crippen molar-refractivity contribution in [2.45, 2.75) is 25.7 Å². The molecule has 1 aliphatic heterocycles. The number of rotatable bonds is 4. The Kier molecular flexibility index (Phi) is 5.05. The number of alkyl halides is 3. The minimum Gasteiger partial charge on any atom is -0.406 e. The molecule has 0 bridgehead atoms. The Morgan fingerprint density at radius 3 is 2.52 bits per heavy atom. The molecule has 1 heterocycles. The molecule has 1 saturated heterocycles. The van der Waals surface area contributed by atoms with Gasteiger partial charge < -0.3 is 10.1 Å². The first-order chi connectivity index (χ1) is 9.90. The predicted molar refractivity (Wildman–Crippen MR) is 70.6 cm³/mol. The van der Waals surface area contributed by atoms with E-state index in [0.717, 1.165) is 44.4 Å². The van der Waals surface area contributed by atoms with Gasteiger partial charge in [-0.2, -0.15) is 0 Å². The molecule has 1 aromatic rings. The Balaban J connectivity index is 2.24. The van der Waals surface area contributed by atoms with E-state index in [1.54, 1.807) is 0 Å². The molecular formula is C14H18F4N2O. The van der Waals surface area contributed by atoms with Crippen LogP contribution in [-0.4, -0.2) is 37.4 Å². The van der Waals surface area contributed by atoms with Gasteiger partial charge in [-0.3, -0.25) is 4.90 Å². The van der Waals surface area contributed by atoms with Gasteiger partial charge in [-0.15, -0.1) is 13.2 Å². The van der Waals surface area contributed by atoms with E-state index in [1.807, 2.05) is 6.92 Å². The zero-order valence-corrected chi connectivity index (χ0v) is 11.7. The first-order valence-electron chi connectivity index (χ1n) is 6.90. The van der Waals surface area contributed by atoms with E-state index in [2.05, 4.69) is 15.0 Å². The minimum absolute atomic E-state index is 0.246. The van der Waals surface area contributed by atoms with E-state index < -0.39 is 12.2 Å². The number of nitrogens with one attached hydrogen (secondary N) is 1. The summed E-state index contributed by atoms with van der Waals surface area (Å²) in [5, 5.41) is 3.19. The molecule has 1 aliphatic rings. The number of hydrogen-bond donors (Lipinski definition) is 1. The molecule has 0 aliphatic carbocycles. The highest BCUT2D eigenvalue weighted by molar-refractivity contribution is 5.32. The van der Waals surface area contributed by atoms with E-state index in [0.29, 0.717) is 6.42 Å². The summed E-state index contributed by atoms with van der Waals surface area (Å²) in [6.45, 7) is 4.95. The van der Waals surface area contributed by atoms with Crippen LogP contribution in [-0.2, 0) is 0 Å². The van der Waals surface area contributed by atoms with Crippen molar-refractivity contribution in [2.24, 2.45) is 0 Å². The largest absolute Gasteiger partial charge is 0.573 e. The van der Waals surface area contributed by atoms with Crippen molar-refractivity contribution in [1.82, 2.24) is 10.2 Å². The van der Waals surface area contributed by atoms with Gasteiger partial charge in [-0.05, 0) is 24.6 Å². The second-order valence-corrected chi connectivity index (χ2v) is 4.94. The standard InChI is InChI=1S/C14H18F4N2O/c1-2-13(20-7-5-19-6-8-20)11-9-10(3-4-12(11)15)21-14(16,17)18/h3-4,9,13,19H,2,5-8H2,1H3/t13-/m0/s1. The molecule has 21 heavy (non-hydrogen) atoms. The van der Waals surface area contributed by atoms with Gasteiger partial charge in [0.15, 0.2) is 0 Å². The zero-order chi connectivity index (χ0) is 15.5. The number of hydrogen-bond acceptors (Lipinski definition) is 3. The zero-order valence-electron chi connectivity index (χ0n) is 11.7. The van der Waals surface area contributed by atoms with Gasteiger partial charge in [-0.1, -0.05) is 6.92 Å². The van der Waals surface area contributed by atoms with Crippen molar-refractivity contribution in [2.75, 3.05) is 26.2 Å². The fourth-order valence-electron chi connectivity index (χ4n) is 2.64. The summed E-state index contributed by atoms with van der Waals surface area (Å²) < 4.78 is 54.7. The van der Waals surface area contributed by atoms with Crippen LogP contribution in [0.3, 0.4) is 0 Å². The summed E-state index contributed by atoms with van der Waals surface area (Å²) in [6, 6.07) is 2.93. The van der Waals surface area contributed by atoms with Gasteiger partial charge in [0.1, 0.15) is 11.6 Å². The van der Waals surface area contributed by atoms with Gasteiger partial charge in [0.05, 0.1) is 0 Å². The fraction of sp³-hybridized carbons (Fsp3) is 0.571. The monoisotopic (exact) mass is 306 g/mol. The minimum atomic E-state index is -4.77. The molecule has 1 fully saturated rings. The van der Waals surface area contributed by atoms with Crippen LogP contribution < -0.4 is 10.1 Å². The van der Waals surface area contributed by atoms with E-state index in [-0.39, 0.29) is 17.4 Å². The normalized spacial score (nSPS) is 18.5. The quantitative estimate of drug-likeness (QED) is 0.865. The van der Waals surface area contributed by atoms with Gasteiger partial charge >= 0.3 is 6.36 Å². The van der Waals surface area contributed by atoms with Gasteiger partial charge in [0.25, 0.3) is 0 Å². The third kappa shape index (κ3) is 4.31. The Morgan fingerprint density at radius 1 is 1.29 bits per heavy atom. The van der Waals surface area contributed by atoms with E-state index in [9.17, 15) is 17.6 Å². The van der Waals surface area contributed by atoms with E-state index >= 15 is 0 Å². The van der Waals surface area contributed by atoms with Crippen LogP contribution >= 0.6 is 0 Å². The molecule has 0 unspecified atom stereocenters. The molecule has 0 radical (unpaired) electrons. The van der Waals surface area contributed by atoms with Crippen LogP contribution in [0.4, 0.5) is 17.6 Å². The Labute approximate surface area is 120 Å². The maximum atomic E-state index is 14.0. The van der Waals surface area contributed by atoms with Crippen LogP contribution in [0.5, 0.6) is 5.75 Å². The van der Waals surface area contributed by atoms with Gasteiger partial charge in [0.2, 0.25) is 0 Å². The lowest BCUT2D eigenvalue weighted by molar-refractivity contribution is -0.274. The number of halogens is 4. The van der Waals surface area contributed by atoms with Crippen molar-refractivity contribution < 1.29 is 22.3 Å². The predicted octanol–water partition coefficient (Wildman–Crippen LogP) is 3.08. The van der Waals surface area contributed by atoms with Crippen molar-refractivity contribution in [3.05, 3.63) is 29.6 Å². The number of benzene rings is 1.